The van der Waals surface area contributed by atoms with Crippen LogP contribution in [0, 0.1) is 0 Å². The van der Waals surface area contributed by atoms with E-state index in [1.807, 2.05) is 11.3 Å². The Bertz CT molecular complexity index is 2400. The lowest BCUT2D eigenvalue weighted by atomic mass is 10.0. The van der Waals surface area contributed by atoms with Crippen molar-refractivity contribution in [3.05, 3.63) is 152 Å². The molecule has 0 radical (unpaired) electrons. The monoisotopic (exact) mass is 609 g/mol. The summed E-state index contributed by atoms with van der Waals surface area (Å²) < 4.78 is 2.78. The summed E-state index contributed by atoms with van der Waals surface area (Å²) in [5.41, 5.74) is 8.82. The first-order valence-corrected chi connectivity index (χ1v) is 19.4. The van der Waals surface area contributed by atoms with E-state index in [1.54, 1.807) is 5.19 Å². The molecule has 0 bridgehead atoms. The normalized spacial score (nSPS) is 13.3. The van der Waals surface area contributed by atoms with E-state index < -0.39 is 8.07 Å². The van der Waals surface area contributed by atoms with E-state index in [0.29, 0.717) is 0 Å². The van der Waals surface area contributed by atoms with Crippen LogP contribution in [-0.4, -0.2) is 8.07 Å². The lowest BCUT2D eigenvalue weighted by Crippen LogP contribution is -2.49. The van der Waals surface area contributed by atoms with E-state index in [2.05, 4.69) is 170 Å². The molecule has 0 fully saturated rings. The topological polar surface area (TPSA) is 3.24 Å². The Hall–Kier alpha value is -4.96. The van der Waals surface area contributed by atoms with Gasteiger partial charge in [-0.3, -0.25) is 0 Å². The number of nitrogens with zero attached hydrogens (tertiary/aromatic N) is 1. The molecule has 1 aliphatic heterocycles. The highest BCUT2D eigenvalue weighted by Crippen LogP contribution is 2.42. The first-order chi connectivity index (χ1) is 22.1. The Morgan fingerprint density at radius 3 is 2.00 bits per heavy atom. The third-order valence-corrected chi connectivity index (χ3v) is 14.3. The average Bonchev–Trinajstić information content (AvgIpc) is 3.57. The molecule has 214 valence electrons. The van der Waals surface area contributed by atoms with E-state index in [1.165, 1.54) is 64.1 Å². The molecule has 0 unspecified atom stereocenters. The molecule has 0 atom stereocenters. The Kier molecular flexibility index (Phi) is 5.89. The number of thiophene rings is 1. The molecule has 7 aromatic carbocycles. The number of rotatable bonds is 4. The maximum absolute atomic E-state index is 2.54. The fourth-order valence-electron chi connectivity index (χ4n) is 7.44. The molecule has 0 saturated carbocycles. The molecular formula is C42H31NSSi. The first kappa shape index (κ1) is 26.4. The molecule has 1 aromatic heterocycles. The van der Waals surface area contributed by atoms with Gasteiger partial charge in [-0.05, 0) is 98.0 Å². The lowest BCUT2D eigenvalue weighted by Gasteiger charge is -2.28. The van der Waals surface area contributed by atoms with Crippen LogP contribution in [0.3, 0.4) is 0 Å². The zero-order valence-corrected chi connectivity index (χ0v) is 27.1. The summed E-state index contributed by atoms with van der Waals surface area (Å²) in [6.45, 7) is 5.08. The van der Waals surface area contributed by atoms with Crippen LogP contribution >= 0.6 is 11.3 Å². The third kappa shape index (κ3) is 4.12. The molecule has 8 aromatic rings. The second kappa shape index (κ2) is 10.0. The van der Waals surface area contributed by atoms with Gasteiger partial charge < -0.3 is 4.90 Å². The van der Waals surface area contributed by atoms with Crippen LogP contribution in [0.5, 0.6) is 0 Å². The Morgan fingerprint density at radius 2 is 1.16 bits per heavy atom. The van der Waals surface area contributed by atoms with Crippen molar-refractivity contribution < 1.29 is 0 Å². The summed E-state index contributed by atoms with van der Waals surface area (Å²) in [6, 6.07) is 56.0. The van der Waals surface area contributed by atoms with Crippen LogP contribution in [0.15, 0.2) is 152 Å². The molecule has 0 N–H and O–H groups in total. The van der Waals surface area contributed by atoms with Crippen molar-refractivity contribution in [3.63, 3.8) is 0 Å². The van der Waals surface area contributed by atoms with Gasteiger partial charge >= 0.3 is 0 Å². The van der Waals surface area contributed by atoms with Gasteiger partial charge in [-0.15, -0.1) is 11.3 Å². The number of anilines is 3. The van der Waals surface area contributed by atoms with Crippen molar-refractivity contribution in [2.75, 3.05) is 4.90 Å². The zero-order valence-electron chi connectivity index (χ0n) is 25.3. The van der Waals surface area contributed by atoms with Gasteiger partial charge in [0.2, 0.25) is 0 Å². The van der Waals surface area contributed by atoms with Gasteiger partial charge in [0.15, 0.2) is 0 Å². The van der Waals surface area contributed by atoms with Gasteiger partial charge in [-0.25, -0.2) is 0 Å². The standard InChI is InChI=1S/C42H31NSSi/c1-45(2)40-27-34(22-23-35(40)36-24-25-39-41(42(36)45)37-14-8-9-15-38(37)44-39)43(32-12-4-3-5-13-32)33-20-18-29(19-21-33)31-17-16-28-10-6-7-11-30(28)26-31/h3-27H,1-2H3. The summed E-state index contributed by atoms with van der Waals surface area (Å²) in [5.74, 6) is 0. The van der Waals surface area contributed by atoms with E-state index in [4.69, 9.17) is 0 Å². The molecule has 0 amide bonds. The Balaban J connectivity index is 1.16. The fraction of sp³-hybridized carbons (Fsp3) is 0.0476. The minimum absolute atomic E-state index is 1.16. The predicted molar refractivity (Wildman–Crippen MR) is 199 cm³/mol. The van der Waals surface area contributed by atoms with E-state index >= 15 is 0 Å². The molecule has 9 rings (SSSR count). The molecule has 1 aliphatic rings. The first-order valence-electron chi connectivity index (χ1n) is 15.6. The smallest absolute Gasteiger partial charge is 0.114 e. The largest absolute Gasteiger partial charge is 0.311 e. The Morgan fingerprint density at radius 1 is 0.489 bits per heavy atom. The highest BCUT2D eigenvalue weighted by atomic mass is 32.1. The van der Waals surface area contributed by atoms with Crippen LogP contribution in [-0.2, 0) is 0 Å². The average molecular weight is 610 g/mol. The van der Waals surface area contributed by atoms with Crippen molar-refractivity contribution in [1.29, 1.82) is 0 Å². The van der Waals surface area contributed by atoms with Gasteiger partial charge in [0.1, 0.15) is 8.07 Å². The minimum Gasteiger partial charge on any atom is -0.311 e. The van der Waals surface area contributed by atoms with Crippen LogP contribution in [0.25, 0.3) is 53.2 Å². The zero-order chi connectivity index (χ0) is 30.1. The van der Waals surface area contributed by atoms with Crippen molar-refractivity contribution in [2.45, 2.75) is 13.1 Å². The van der Waals surface area contributed by atoms with Gasteiger partial charge in [-0.1, -0.05) is 110 Å². The van der Waals surface area contributed by atoms with Crippen molar-refractivity contribution in [3.8, 4) is 22.3 Å². The molecule has 1 nitrogen and oxygen atoms in total. The second-order valence-electron chi connectivity index (χ2n) is 12.6. The van der Waals surface area contributed by atoms with E-state index in [9.17, 15) is 0 Å². The summed E-state index contributed by atoms with van der Waals surface area (Å²) in [7, 11) is -2.00. The predicted octanol–water partition coefficient (Wildman–Crippen LogP) is 11.1. The molecular weight excluding hydrogens is 579 g/mol. The number of fused-ring (bicyclic) bond motifs is 8. The summed E-state index contributed by atoms with van der Waals surface area (Å²) in [6.07, 6.45) is 0. The van der Waals surface area contributed by atoms with Crippen LogP contribution in [0.2, 0.25) is 13.1 Å². The third-order valence-electron chi connectivity index (χ3n) is 9.62. The summed E-state index contributed by atoms with van der Waals surface area (Å²) in [5, 5.41) is 8.53. The highest BCUT2D eigenvalue weighted by molar-refractivity contribution is 7.26. The number of para-hydroxylation sites is 1. The molecule has 0 spiro atoms. The van der Waals surface area contributed by atoms with Gasteiger partial charge in [0.05, 0.1) is 0 Å². The maximum Gasteiger partial charge on any atom is 0.114 e. The molecule has 0 saturated heterocycles. The van der Waals surface area contributed by atoms with Gasteiger partial charge in [-0.2, -0.15) is 0 Å². The molecule has 0 aliphatic carbocycles. The number of hydrogen-bond donors (Lipinski definition) is 0. The van der Waals surface area contributed by atoms with Crippen molar-refractivity contribution >= 4 is 77.8 Å². The summed E-state index contributed by atoms with van der Waals surface area (Å²) >= 11 is 1.92. The number of hydrogen-bond acceptors (Lipinski definition) is 2. The fourth-order valence-corrected chi connectivity index (χ4v) is 12.1. The Labute approximate surface area is 268 Å². The maximum atomic E-state index is 2.54. The molecule has 2 heterocycles. The lowest BCUT2D eigenvalue weighted by molar-refractivity contribution is 1.29. The molecule has 45 heavy (non-hydrogen) atoms. The molecule has 3 heteroatoms. The second-order valence-corrected chi connectivity index (χ2v) is 18.0. The van der Waals surface area contributed by atoms with Crippen LogP contribution in [0.1, 0.15) is 0 Å². The van der Waals surface area contributed by atoms with Gasteiger partial charge in [0.25, 0.3) is 0 Å². The van der Waals surface area contributed by atoms with Gasteiger partial charge in [0, 0.05) is 37.2 Å². The quantitative estimate of drug-likeness (QED) is 0.179. The summed E-state index contributed by atoms with van der Waals surface area (Å²) in [4.78, 5) is 2.41. The number of benzene rings is 7. The van der Waals surface area contributed by atoms with Crippen molar-refractivity contribution in [1.82, 2.24) is 0 Å². The van der Waals surface area contributed by atoms with E-state index in [0.717, 1.165) is 11.4 Å². The SMILES string of the molecule is C[Si]1(C)c2cc(N(c3ccccc3)c3ccc(-c4ccc5ccccc5c4)cc3)ccc2-c2ccc3sc4ccccc4c3c21. The highest BCUT2D eigenvalue weighted by Gasteiger charge is 2.40. The van der Waals surface area contributed by atoms with Crippen LogP contribution < -0.4 is 15.3 Å². The van der Waals surface area contributed by atoms with E-state index in [-0.39, 0.29) is 0 Å². The van der Waals surface area contributed by atoms with Crippen LogP contribution in [0.4, 0.5) is 17.1 Å². The minimum atomic E-state index is -2.00. The van der Waals surface area contributed by atoms with Crippen molar-refractivity contribution in [2.24, 2.45) is 0 Å².